The van der Waals surface area contributed by atoms with E-state index in [-0.39, 0.29) is 11.9 Å². The molecule has 3 rings (SSSR count). The molecule has 1 nitrogen and oxygen atoms in total. The average Bonchev–Trinajstić information content (AvgIpc) is 2.88. The molecule has 0 saturated carbocycles. The highest BCUT2D eigenvalue weighted by Crippen LogP contribution is 2.31. The van der Waals surface area contributed by atoms with E-state index in [1.807, 2.05) is 6.07 Å². The molecule has 0 spiro atoms. The molecule has 0 aromatic heterocycles. The smallest absolute Gasteiger partial charge is 0.137 e. The van der Waals surface area contributed by atoms with E-state index in [2.05, 4.69) is 34.1 Å². The van der Waals surface area contributed by atoms with Crippen molar-refractivity contribution in [2.75, 3.05) is 0 Å². The molecule has 2 N–H and O–H groups in total. The van der Waals surface area contributed by atoms with Crippen molar-refractivity contribution in [2.24, 2.45) is 5.73 Å². The van der Waals surface area contributed by atoms with Crippen molar-refractivity contribution in [1.82, 2.24) is 0 Å². The molecule has 19 heavy (non-hydrogen) atoms. The molecule has 1 atom stereocenters. The van der Waals surface area contributed by atoms with Gasteiger partial charge in [-0.25, -0.2) is 4.39 Å². The largest absolute Gasteiger partial charge is 0.320 e. The minimum absolute atomic E-state index is 0.269. The third-order valence-corrected chi connectivity index (χ3v) is 4.63. The van der Waals surface area contributed by atoms with Gasteiger partial charge in [-0.3, -0.25) is 0 Å². The van der Waals surface area contributed by atoms with E-state index in [0.29, 0.717) is 4.47 Å². The SMILES string of the molecule is NC(c1ccc2c(c1)CCC2)c1cccc(F)c1Br. The second-order valence-corrected chi connectivity index (χ2v) is 5.80. The first-order chi connectivity index (χ1) is 9.16. The van der Waals surface area contributed by atoms with Crippen LogP contribution in [0, 0.1) is 5.82 Å². The van der Waals surface area contributed by atoms with Gasteiger partial charge in [-0.05, 0) is 63.5 Å². The molecule has 0 radical (unpaired) electrons. The zero-order valence-electron chi connectivity index (χ0n) is 10.5. The molecule has 0 saturated heterocycles. The minimum atomic E-state index is -0.295. The van der Waals surface area contributed by atoms with E-state index in [0.717, 1.165) is 24.0 Å². The highest BCUT2D eigenvalue weighted by atomic mass is 79.9. The maximum Gasteiger partial charge on any atom is 0.137 e. The number of hydrogen-bond acceptors (Lipinski definition) is 1. The fraction of sp³-hybridized carbons (Fsp3) is 0.250. The zero-order chi connectivity index (χ0) is 13.4. The van der Waals surface area contributed by atoms with Gasteiger partial charge in [-0.15, -0.1) is 0 Å². The Kier molecular flexibility index (Phi) is 3.42. The summed E-state index contributed by atoms with van der Waals surface area (Å²) in [5.74, 6) is -0.269. The second kappa shape index (κ2) is 5.06. The number of benzene rings is 2. The van der Waals surface area contributed by atoms with Crippen molar-refractivity contribution in [1.29, 1.82) is 0 Å². The maximum atomic E-state index is 13.6. The molecule has 1 unspecified atom stereocenters. The summed E-state index contributed by atoms with van der Waals surface area (Å²) in [6.07, 6.45) is 3.51. The van der Waals surface area contributed by atoms with E-state index in [9.17, 15) is 4.39 Å². The molecule has 0 fully saturated rings. The number of hydrogen-bond donors (Lipinski definition) is 1. The van der Waals surface area contributed by atoms with Gasteiger partial charge < -0.3 is 5.73 Å². The van der Waals surface area contributed by atoms with Crippen molar-refractivity contribution < 1.29 is 4.39 Å². The number of halogens is 2. The normalized spacial score (nSPS) is 15.3. The van der Waals surface area contributed by atoms with Gasteiger partial charge in [0.15, 0.2) is 0 Å². The van der Waals surface area contributed by atoms with Gasteiger partial charge in [0.2, 0.25) is 0 Å². The molecule has 1 aliphatic carbocycles. The molecule has 0 bridgehead atoms. The predicted octanol–water partition coefficient (Wildman–Crippen LogP) is 4.13. The summed E-state index contributed by atoms with van der Waals surface area (Å²) in [5, 5.41) is 0. The summed E-state index contributed by atoms with van der Waals surface area (Å²) in [6, 6.07) is 11.1. The van der Waals surface area contributed by atoms with Gasteiger partial charge in [0.25, 0.3) is 0 Å². The quantitative estimate of drug-likeness (QED) is 0.885. The summed E-state index contributed by atoms with van der Waals surface area (Å²) in [5.41, 5.74) is 10.9. The lowest BCUT2D eigenvalue weighted by Crippen LogP contribution is -2.13. The highest BCUT2D eigenvalue weighted by Gasteiger charge is 2.17. The monoisotopic (exact) mass is 319 g/mol. The lowest BCUT2D eigenvalue weighted by molar-refractivity contribution is 0.616. The van der Waals surface area contributed by atoms with Crippen LogP contribution >= 0.6 is 15.9 Å². The summed E-state index contributed by atoms with van der Waals surface area (Å²) in [7, 11) is 0. The van der Waals surface area contributed by atoms with Gasteiger partial charge in [-0.1, -0.05) is 30.3 Å². The third kappa shape index (κ3) is 2.33. The number of aryl methyl sites for hydroxylation is 2. The Hall–Kier alpha value is -1.19. The van der Waals surface area contributed by atoms with Crippen LogP contribution in [0.5, 0.6) is 0 Å². The average molecular weight is 320 g/mol. The number of rotatable bonds is 2. The molecule has 0 amide bonds. The second-order valence-electron chi connectivity index (χ2n) is 5.00. The van der Waals surface area contributed by atoms with Gasteiger partial charge in [0.05, 0.1) is 10.5 Å². The predicted molar refractivity (Wildman–Crippen MR) is 78.6 cm³/mol. The Balaban J connectivity index is 2.00. The van der Waals surface area contributed by atoms with Crippen molar-refractivity contribution in [3.05, 3.63) is 68.9 Å². The summed E-state index contributed by atoms with van der Waals surface area (Å²) in [6.45, 7) is 0. The van der Waals surface area contributed by atoms with Crippen molar-refractivity contribution in [3.8, 4) is 0 Å². The van der Waals surface area contributed by atoms with Crippen molar-refractivity contribution >= 4 is 15.9 Å². The minimum Gasteiger partial charge on any atom is -0.320 e. The Morgan fingerprint density at radius 1 is 1.11 bits per heavy atom. The zero-order valence-corrected chi connectivity index (χ0v) is 12.1. The van der Waals surface area contributed by atoms with Crippen LogP contribution in [-0.2, 0) is 12.8 Å². The molecule has 3 heteroatoms. The maximum absolute atomic E-state index is 13.6. The van der Waals surface area contributed by atoms with Crippen LogP contribution in [0.15, 0.2) is 40.9 Å². The lowest BCUT2D eigenvalue weighted by atomic mass is 9.96. The lowest BCUT2D eigenvalue weighted by Gasteiger charge is -2.16. The van der Waals surface area contributed by atoms with E-state index >= 15 is 0 Å². The summed E-state index contributed by atoms with van der Waals surface area (Å²) in [4.78, 5) is 0. The van der Waals surface area contributed by atoms with Gasteiger partial charge in [0.1, 0.15) is 5.82 Å². The molecule has 0 heterocycles. The van der Waals surface area contributed by atoms with Gasteiger partial charge in [0, 0.05) is 0 Å². The molecule has 2 aromatic carbocycles. The Bertz CT molecular complexity index is 624. The molecule has 1 aliphatic rings. The third-order valence-electron chi connectivity index (χ3n) is 3.80. The van der Waals surface area contributed by atoms with Crippen LogP contribution < -0.4 is 5.73 Å². The highest BCUT2D eigenvalue weighted by molar-refractivity contribution is 9.10. The fourth-order valence-corrected chi connectivity index (χ4v) is 3.24. The van der Waals surface area contributed by atoms with Crippen LogP contribution in [0.3, 0.4) is 0 Å². The first-order valence-corrected chi connectivity index (χ1v) is 7.27. The van der Waals surface area contributed by atoms with E-state index in [1.54, 1.807) is 6.07 Å². The van der Waals surface area contributed by atoms with Crippen LogP contribution in [0.2, 0.25) is 0 Å². The summed E-state index contributed by atoms with van der Waals surface area (Å²) < 4.78 is 14.0. The number of nitrogens with two attached hydrogens (primary N) is 1. The van der Waals surface area contributed by atoms with Crippen LogP contribution in [0.1, 0.15) is 34.7 Å². The topological polar surface area (TPSA) is 26.0 Å². The summed E-state index contributed by atoms with van der Waals surface area (Å²) >= 11 is 3.29. The van der Waals surface area contributed by atoms with Crippen LogP contribution in [-0.4, -0.2) is 0 Å². The van der Waals surface area contributed by atoms with E-state index < -0.39 is 0 Å². The molecule has 98 valence electrons. The molecule has 0 aliphatic heterocycles. The Morgan fingerprint density at radius 2 is 1.89 bits per heavy atom. The van der Waals surface area contributed by atoms with Crippen LogP contribution in [0.25, 0.3) is 0 Å². The van der Waals surface area contributed by atoms with E-state index in [4.69, 9.17) is 5.73 Å². The first-order valence-electron chi connectivity index (χ1n) is 6.48. The molecule has 2 aromatic rings. The van der Waals surface area contributed by atoms with Gasteiger partial charge >= 0.3 is 0 Å². The fourth-order valence-electron chi connectivity index (χ4n) is 2.73. The molecular formula is C16H15BrFN. The van der Waals surface area contributed by atoms with Crippen molar-refractivity contribution in [3.63, 3.8) is 0 Å². The van der Waals surface area contributed by atoms with Crippen LogP contribution in [0.4, 0.5) is 4.39 Å². The van der Waals surface area contributed by atoms with Crippen molar-refractivity contribution in [2.45, 2.75) is 25.3 Å². The molecular weight excluding hydrogens is 305 g/mol. The Labute approximate surface area is 120 Å². The number of fused-ring (bicyclic) bond motifs is 1. The van der Waals surface area contributed by atoms with E-state index in [1.165, 1.54) is 23.6 Å². The standard InChI is InChI=1S/C16H15BrFN/c17-15-13(5-2-6-14(15)18)16(19)12-8-7-10-3-1-4-11(10)9-12/h2,5-9,16H,1,3-4,19H2. The van der Waals surface area contributed by atoms with Gasteiger partial charge in [-0.2, -0.15) is 0 Å². The first kappa shape index (κ1) is 12.8. The Morgan fingerprint density at radius 3 is 2.74 bits per heavy atom.